The first-order chi connectivity index (χ1) is 16.7. The summed E-state index contributed by atoms with van der Waals surface area (Å²) < 4.78 is 48.2. The SMILES string of the molecule is O=C(OCOc1ccsc1C(C12CC3CC(CC(C3)C1)C2)C12CC3CC(CC(C3)C1)C2)C(F)(F)F. The summed E-state index contributed by atoms with van der Waals surface area (Å²) in [5.41, 5.74) is 0.595. The van der Waals surface area contributed by atoms with Gasteiger partial charge in [0.05, 0.1) is 4.88 Å². The van der Waals surface area contributed by atoms with E-state index in [4.69, 9.17) is 4.74 Å². The molecule has 8 fully saturated rings. The lowest BCUT2D eigenvalue weighted by atomic mass is 9.38. The van der Waals surface area contributed by atoms with Crippen molar-refractivity contribution >= 4 is 17.3 Å². The number of hydrogen-bond donors (Lipinski definition) is 0. The van der Waals surface area contributed by atoms with Crippen LogP contribution in [0.15, 0.2) is 11.4 Å². The van der Waals surface area contributed by atoms with E-state index in [1.165, 1.54) is 81.9 Å². The van der Waals surface area contributed by atoms with Crippen molar-refractivity contribution in [3.05, 3.63) is 16.3 Å². The highest BCUT2D eigenvalue weighted by Gasteiger charge is 2.63. The van der Waals surface area contributed by atoms with Crippen LogP contribution in [0.5, 0.6) is 5.75 Å². The molecule has 0 saturated heterocycles. The van der Waals surface area contributed by atoms with Gasteiger partial charge in [0.15, 0.2) is 0 Å². The molecule has 0 aromatic carbocycles. The zero-order valence-electron chi connectivity index (χ0n) is 20.2. The standard InChI is InChI=1S/C28H35F3O3S/c29-28(30,31)25(32)34-15-33-22-1-2-35-23(22)24(26-9-16-3-17(10-26)5-18(4-16)11-26)27-12-19-6-20(13-27)8-21(7-19)14-27/h1-2,16-21,24H,3-15H2. The van der Waals surface area contributed by atoms with Gasteiger partial charge in [0, 0.05) is 5.92 Å². The summed E-state index contributed by atoms with van der Waals surface area (Å²) in [6, 6.07) is 1.90. The lowest BCUT2D eigenvalue weighted by molar-refractivity contribution is -0.205. The molecule has 7 heteroatoms. The van der Waals surface area contributed by atoms with Crippen LogP contribution in [0.4, 0.5) is 13.2 Å². The summed E-state index contributed by atoms with van der Waals surface area (Å²) in [6.45, 7) is -0.684. The van der Waals surface area contributed by atoms with Gasteiger partial charge in [-0.1, -0.05) is 0 Å². The lowest BCUT2D eigenvalue weighted by Gasteiger charge is -2.67. The minimum absolute atomic E-state index is 0.298. The van der Waals surface area contributed by atoms with Crippen molar-refractivity contribution in [1.29, 1.82) is 0 Å². The molecule has 0 amide bonds. The summed E-state index contributed by atoms with van der Waals surface area (Å²) in [6.07, 6.45) is 11.3. The average molecular weight is 509 g/mol. The van der Waals surface area contributed by atoms with E-state index in [1.807, 2.05) is 11.4 Å². The van der Waals surface area contributed by atoms with Crippen LogP contribution in [0.3, 0.4) is 0 Å². The van der Waals surface area contributed by atoms with Gasteiger partial charge in [-0.2, -0.15) is 13.2 Å². The van der Waals surface area contributed by atoms with E-state index in [0.29, 0.717) is 22.5 Å². The molecule has 9 rings (SSSR count). The fraction of sp³-hybridized carbons (Fsp3) is 0.821. The maximum absolute atomic E-state index is 12.6. The molecule has 8 aliphatic carbocycles. The Labute approximate surface area is 209 Å². The van der Waals surface area contributed by atoms with Crippen LogP contribution in [0.1, 0.15) is 87.8 Å². The van der Waals surface area contributed by atoms with Gasteiger partial charge in [0.25, 0.3) is 0 Å². The van der Waals surface area contributed by atoms with Crippen molar-refractivity contribution in [3.8, 4) is 5.75 Å². The maximum atomic E-state index is 12.6. The van der Waals surface area contributed by atoms with Gasteiger partial charge in [-0.05, 0) is 135 Å². The van der Waals surface area contributed by atoms with Gasteiger partial charge in [0.2, 0.25) is 6.79 Å². The molecule has 8 saturated carbocycles. The Morgan fingerprint density at radius 1 is 0.857 bits per heavy atom. The molecule has 3 nitrogen and oxygen atoms in total. The maximum Gasteiger partial charge on any atom is 0.491 e. The number of esters is 1. The smallest absolute Gasteiger partial charge is 0.456 e. The Bertz CT molecular complexity index is 883. The molecule has 1 aromatic rings. The van der Waals surface area contributed by atoms with E-state index >= 15 is 0 Å². The Hall–Kier alpha value is -1.24. The summed E-state index contributed by atoms with van der Waals surface area (Å²) >= 11 is 1.73. The molecule has 0 spiro atoms. The minimum atomic E-state index is -5.00. The highest BCUT2D eigenvalue weighted by Crippen LogP contribution is 2.74. The fourth-order valence-corrected chi connectivity index (χ4v) is 12.4. The van der Waals surface area contributed by atoms with E-state index in [9.17, 15) is 18.0 Å². The number of hydrogen-bond acceptors (Lipinski definition) is 4. The largest absolute Gasteiger partial charge is 0.491 e. The first kappa shape index (κ1) is 22.9. The first-order valence-corrected chi connectivity index (χ1v) is 14.5. The molecule has 1 aromatic heterocycles. The van der Waals surface area contributed by atoms with Crippen LogP contribution in [0.25, 0.3) is 0 Å². The normalized spacial score (nSPS) is 44.0. The van der Waals surface area contributed by atoms with Crippen molar-refractivity contribution < 1.29 is 27.4 Å². The molecule has 35 heavy (non-hydrogen) atoms. The van der Waals surface area contributed by atoms with Crippen LogP contribution in [-0.4, -0.2) is 18.9 Å². The molecule has 8 aliphatic rings. The molecule has 0 aliphatic heterocycles. The first-order valence-electron chi connectivity index (χ1n) is 13.7. The van der Waals surface area contributed by atoms with Gasteiger partial charge in [-0.15, -0.1) is 11.3 Å². The zero-order chi connectivity index (χ0) is 24.0. The quantitative estimate of drug-likeness (QED) is 0.292. The van der Waals surface area contributed by atoms with E-state index in [-0.39, 0.29) is 0 Å². The molecule has 0 radical (unpaired) electrons. The van der Waals surface area contributed by atoms with Crippen LogP contribution in [-0.2, 0) is 9.53 Å². The van der Waals surface area contributed by atoms with Crippen LogP contribution in [0.2, 0.25) is 0 Å². The monoisotopic (exact) mass is 508 g/mol. The number of alkyl halides is 3. The number of carbonyl (C=O) groups is 1. The van der Waals surface area contributed by atoms with Crippen LogP contribution < -0.4 is 4.74 Å². The molecule has 192 valence electrons. The van der Waals surface area contributed by atoms with Gasteiger partial charge in [-0.25, -0.2) is 4.79 Å². The minimum Gasteiger partial charge on any atom is -0.456 e. The summed E-state index contributed by atoms with van der Waals surface area (Å²) in [5.74, 6) is 3.94. The van der Waals surface area contributed by atoms with Crippen molar-refractivity contribution in [1.82, 2.24) is 0 Å². The Morgan fingerprint density at radius 2 is 1.29 bits per heavy atom. The average Bonchev–Trinajstić information content (AvgIpc) is 3.18. The number of carbonyl (C=O) groups excluding carboxylic acids is 1. The molecule has 1 heterocycles. The molecule has 0 unspecified atom stereocenters. The number of rotatable bonds is 6. The number of halogens is 3. The summed E-state index contributed by atoms with van der Waals surface area (Å²) in [4.78, 5) is 12.5. The van der Waals surface area contributed by atoms with E-state index in [2.05, 4.69) is 4.74 Å². The van der Waals surface area contributed by atoms with Crippen molar-refractivity contribution in [2.24, 2.45) is 46.3 Å². The molecule has 8 bridgehead atoms. The molecule has 0 N–H and O–H groups in total. The Kier molecular flexibility index (Phi) is 5.16. The zero-order valence-corrected chi connectivity index (χ0v) is 21.0. The van der Waals surface area contributed by atoms with Gasteiger partial charge < -0.3 is 9.47 Å². The van der Waals surface area contributed by atoms with E-state index < -0.39 is 18.9 Å². The van der Waals surface area contributed by atoms with E-state index in [1.54, 1.807) is 11.3 Å². The van der Waals surface area contributed by atoms with Crippen LogP contribution in [0, 0.1) is 46.3 Å². The van der Waals surface area contributed by atoms with Crippen LogP contribution >= 0.6 is 11.3 Å². The topological polar surface area (TPSA) is 35.5 Å². The van der Waals surface area contributed by atoms with Crippen molar-refractivity contribution in [3.63, 3.8) is 0 Å². The predicted octanol–water partition coefficient (Wildman–Crippen LogP) is 7.71. The predicted molar refractivity (Wildman–Crippen MR) is 126 cm³/mol. The Balaban J connectivity index is 1.24. The number of thiophene rings is 1. The van der Waals surface area contributed by atoms with Crippen molar-refractivity contribution in [2.45, 2.75) is 89.1 Å². The van der Waals surface area contributed by atoms with Gasteiger partial charge in [0.1, 0.15) is 5.75 Å². The Morgan fingerprint density at radius 3 is 1.69 bits per heavy atom. The summed E-state index contributed by atoms with van der Waals surface area (Å²) in [7, 11) is 0. The molecular formula is C28H35F3O3S. The van der Waals surface area contributed by atoms with Crippen molar-refractivity contribution in [2.75, 3.05) is 6.79 Å². The van der Waals surface area contributed by atoms with E-state index in [0.717, 1.165) is 35.5 Å². The second kappa shape index (κ2) is 7.88. The fourth-order valence-electron chi connectivity index (χ4n) is 11.1. The summed E-state index contributed by atoms with van der Waals surface area (Å²) in [5, 5.41) is 2.03. The number of ether oxygens (including phenoxy) is 2. The van der Waals surface area contributed by atoms with Gasteiger partial charge in [-0.3, -0.25) is 0 Å². The third kappa shape index (κ3) is 3.76. The highest BCUT2D eigenvalue weighted by atomic mass is 32.1. The molecule has 0 atom stereocenters. The third-order valence-corrected chi connectivity index (χ3v) is 11.9. The lowest BCUT2D eigenvalue weighted by Crippen LogP contribution is -2.57. The second-order valence-electron chi connectivity index (χ2n) is 13.3. The third-order valence-electron chi connectivity index (χ3n) is 11.0. The highest BCUT2D eigenvalue weighted by molar-refractivity contribution is 7.10. The second-order valence-corrected chi connectivity index (χ2v) is 14.3. The van der Waals surface area contributed by atoms with Gasteiger partial charge >= 0.3 is 12.1 Å². The molecular weight excluding hydrogens is 473 g/mol.